The van der Waals surface area contributed by atoms with Crippen LogP contribution in [0.15, 0.2) is 13.2 Å². The molecule has 0 N–H and O–H groups in total. The molecule has 0 saturated heterocycles. The van der Waals surface area contributed by atoms with Gasteiger partial charge in [0.05, 0.1) is 0 Å². The lowest BCUT2D eigenvalue weighted by atomic mass is 10.0. The fourth-order valence-corrected chi connectivity index (χ4v) is 5.74. The minimum atomic E-state index is -0.164. The van der Waals surface area contributed by atoms with Crippen molar-refractivity contribution in [2.45, 2.75) is 219 Å². The Morgan fingerprint density at radius 2 is 0.523 bits per heavy atom. The zero-order valence-corrected chi connectivity index (χ0v) is 30.1. The van der Waals surface area contributed by atoms with Crippen LogP contribution in [-0.4, -0.2) is 25.2 Å². The maximum absolute atomic E-state index is 11.9. The monoisotopic (exact) mass is 623 g/mol. The van der Waals surface area contributed by atoms with E-state index in [9.17, 15) is 9.59 Å². The Kier molecular flexibility index (Phi) is 42.4. The number of hydrogen-bond acceptors (Lipinski definition) is 4. The third-order valence-corrected chi connectivity index (χ3v) is 8.58. The third-order valence-electron chi connectivity index (χ3n) is 8.58. The molecule has 0 bridgehead atoms. The summed E-state index contributed by atoms with van der Waals surface area (Å²) in [5, 5.41) is 0. The second kappa shape index (κ2) is 41.7. The highest BCUT2D eigenvalue weighted by molar-refractivity contribution is 5.70. The second-order valence-electron chi connectivity index (χ2n) is 12.8. The molecule has 0 rings (SSSR count). The van der Waals surface area contributed by atoms with Gasteiger partial charge in [0.2, 0.25) is 0 Å². The number of ether oxygens (including phenoxy) is 2. The molecule has 262 valence electrons. The zero-order chi connectivity index (χ0) is 32.6. The van der Waals surface area contributed by atoms with Crippen LogP contribution in [0.25, 0.3) is 0 Å². The van der Waals surface area contributed by atoms with Gasteiger partial charge in [0.1, 0.15) is 13.2 Å². The average molecular weight is 623 g/mol. The van der Waals surface area contributed by atoms with Gasteiger partial charge in [0.15, 0.2) is 0 Å². The Morgan fingerprint density at radius 1 is 0.341 bits per heavy atom. The first-order chi connectivity index (χ1) is 21.7. The molecule has 0 aliphatic heterocycles. The van der Waals surface area contributed by atoms with Crippen LogP contribution in [0.2, 0.25) is 0 Å². The third kappa shape index (κ3) is 40.7. The zero-order valence-electron chi connectivity index (χ0n) is 30.1. The van der Waals surface area contributed by atoms with E-state index in [1.165, 1.54) is 167 Å². The van der Waals surface area contributed by atoms with E-state index in [0.717, 1.165) is 25.7 Å². The van der Waals surface area contributed by atoms with Crippen LogP contribution in [0.3, 0.4) is 0 Å². The number of rotatable bonds is 35. The molecule has 4 nitrogen and oxygen atoms in total. The van der Waals surface area contributed by atoms with Crippen LogP contribution in [0, 0.1) is 0 Å². The molecule has 0 atom stereocenters. The van der Waals surface area contributed by atoms with E-state index in [1.807, 2.05) is 0 Å². The van der Waals surface area contributed by atoms with Gasteiger partial charge in [0, 0.05) is 12.8 Å². The maximum Gasteiger partial charge on any atom is 0.305 e. The van der Waals surface area contributed by atoms with Crippen LogP contribution < -0.4 is 0 Å². The normalized spacial score (nSPS) is 10.8. The molecule has 0 aromatic heterocycles. The SMILES string of the molecule is C=C.CCCCCCCCCCCCCCCCCC(=O)OCCOC(=O)CCCCCCCCCCCCCCCCC. The van der Waals surface area contributed by atoms with Gasteiger partial charge in [-0.3, -0.25) is 9.59 Å². The maximum atomic E-state index is 11.9. The van der Waals surface area contributed by atoms with Crippen molar-refractivity contribution in [2.24, 2.45) is 0 Å². The van der Waals surface area contributed by atoms with Gasteiger partial charge < -0.3 is 9.47 Å². The highest BCUT2D eigenvalue weighted by Gasteiger charge is 2.06. The van der Waals surface area contributed by atoms with Crippen LogP contribution in [0.4, 0.5) is 0 Å². The van der Waals surface area contributed by atoms with Crippen molar-refractivity contribution in [3.8, 4) is 0 Å². The van der Waals surface area contributed by atoms with E-state index < -0.39 is 0 Å². The van der Waals surface area contributed by atoms with Crippen molar-refractivity contribution in [3.05, 3.63) is 13.2 Å². The molecule has 0 aliphatic carbocycles. The van der Waals surface area contributed by atoms with Crippen molar-refractivity contribution in [2.75, 3.05) is 13.2 Å². The Labute approximate surface area is 276 Å². The summed E-state index contributed by atoms with van der Waals surface area (Å²) >= 11 is 0. The number of carbonyl (C=O) groups excluding carboxylic acids is 2. The van der Waals surface area contributed by atoms with E-state index in [-0.39, 0.29) is 25.2 Å². The Balaban J connectivity index is 0. The summed E-state index contributed by atoms with van der Waals surface area (Å²) in [5.41, 5.74) is 0. The molecule has 0 aliphatic rings. The summed E-state index contributed by atoms with van der Waals surface area (Å²) in [4.78, 5) is 23.8. The lowest BCUT2D eigenvalue weighted by Gasteiger charge is -2.07. The van der Waals surface area contributed by atoms with Gasteiger partial charge in [-0.15, -0.1) is 13.2 Å². The molecule has 0 unspecified atom stereocenters. The fourth-order valence-electron chi connectivity index (χ4n) is 5.74. The van der Waals surface area contributed by atoms with Crippen molar-refractivity contribution in [1.82, 2.24) is 0 Å². The molecule has 0 radical (unpaired) electrons. The fraction of sp³-hybridized carbons (Fsp3) is 0.900. The topological polar surface area (TPSA) is 52.6 Å². The van der Waals surface area contributed by atoms with Crippen molar-refractivity contribution < 1.29 is 19.1 Å². The van der Waals surface area contributed by atoms with Crippen LogP contribution in [0.5, 0.6) is 0 Å². The summed E-state index contributed by atoms with van der Waals surface area (Å²) in [6.45, 7) is 10.9. The van der Waals surface area contributed by atoms with Crippen LogP contribution >= 0.6 is 0 Å². The van der Waals surface area contributed by atoms with Gasteiger partial charge in [-0.05, 0) is 12.8 Å². The summed E-state index contributed by atoms with van der Waals surface area (Å²) in [6.07, 6.45) is 40.5. The minimum absolute atomic E-state index is 0.164. The molecular formula is C40H78O4. The number of carbonyl (C=O) groups is 2. The summed E-state index contributed by atoms with van der Waals surface area (Å²) in [5.74, 6) is -0.327. The first kappa shape index (κ1) is 44.8. The molecule has 0 aromatic carbocycles. The van der Waals surface area contributed by atoms with Crippen molar-refractivity contribution >= 4 is 11.9 Å². The molecule has 44 heavy (non-hydrogen) atoms. The van der Waals surface area contributed by atoms with Crippen molar-refractivity contribution in [3.63, 3.8) is 0 Å². The lowest BCUT2D eigenvalue weighted by Crippen LogP contribution is -2.13. The first-order valence-corrected chi connectivity index (χ1v) is 19.5. The van der Waals surface area contributed by atoms with Gasteiger partial charge in [-0.25, -0.2) is 0 Å². The van der Waals surface area contributed by atoms with Gasteiger partial charge in [-0.2, -0.15) is 0 Å². The van der Waals surface area contributed by atoms with Gasteiger partial charge >= 0.3 is 11.9 Å². The van der Waals surface area contributed by atoms with E-state index in [0.29, 0.717) is 12.8 Å². The predicted octanol–water partition coefficient (Wildman–Crippen LogP) is 13.4. The minimum Gasteiger partial charge on any atom is -0.462 e. The molecule has 0 saturated carbocycles. The number of unbranched alkanes of at least 4 members (excludes halogenated alkanes) is 28. The number of hydrogen-bond donors (Lipinski definition) is 0. The molecule has 4 heteroatoms. The predicted molar refractivity (Wildman–Crippen MR) is 192 cm³/mol. The highest BCUT2D eigenvalue weighted by Crippen LogP contribution is 2.15. The highest BCUT2D eigenvalue weighted by atomic mass is 16.6. The summed E-state index contributed by atoms with van der Waals surface area (Å²) < 4.78 is 10.5. The van der Waals surface area contributed by atoms with Crippen LogP contribution in [0.1, 0.15) is 219 Å². The standard InChI is InChI=1S/C38H74O4.C2H4/c1-3-5-7-9-11-13-15-17-19-21-23-25-27-29-31-33-37(39)41-35-36-42-38(40)34-32-30-28-26-24-22-20-18-16-14-12-10-8-6-4-2;1-2/h3-36H2,1-2H3;1-2H2. The smallest absolute Gasteiger partial charge is 0.305 e. The second-order valence-corrected chi connectivity index (χ2v) is 12.8. The Bertz CT molecular complexity index is 514. The number of esters is 2. The van der Waals surface area contributed by atoms with Crippen molar-refractivity contribution in [1.29, 1.82) is 0 Å². The lowest BCUT2D eigenvalue weighted by molar-refractivity contribution is -0.152. The quantitative estimate of drug-likeness (QED) is 0.0401. The summed E-state index contributed by atoms with van der Waals surface area (Å²) in [6, 6.07) is 0. The first-order valence-electron chi connectivity index (χ1n) is 19.5. The average Bonchev–Trinajstić information content (AvgIpc) is 3.04. The van der Waals surface area contributed by atoms with E-state index in [1.54, 1.807) is 0 Å². The van der Waals surface area contributed by atoms with Crippen LogP contribution in [-0.2, 0) is 19.1 Å². The van der Waals surface area contributed by atoms with Gasteiger partial charge in [-0.1, -0.05) is 194 Å². The molecule has 0 heterocycles. The van der Waals surface area contributed by atoms with E-state index in [2.05, 4.69) is 27.0 Å². The Hall–Kier alpha value is -1.32. The van der Waals surface area contributed by atoms with E-state index >= 15 is 0 Å². The molecule has 0 spiro atoms. The van der Waals surface area contributed by atoms with E-state index in [4.69, 9.17) is 9.47 Å². The molecule has 0 aromatic rings. The van der Waals surface area contributed by atoms with Gasteiger partial charge in [0.25, 0.3) is 0 Å². The molecule has 0 fully saturated rings. The molecular weight excluding hydrogens is 544 g/mol. The Morgan fingerprint density at radius 3 is 0.727 bits per heavy atom. The largest absolute Gasteiger partial charge is 0.462 e. The summed E-state index contributed by atoms with van der Waals surface area (Å²) in [7, 11) is 0. The molecule has 0 amide bonds.